The van der Waals surface area contributed by atoms with Crippen LogP contribution in [0.3, 0.4) is 0 Å². The van der Waals surface area contributed by atoms with Gasteiger partial charge in [-0.25, -0.2) is 4.79 Å². The summed E-state index contributed by atoms with van der Waals surface area (Å²) in [6.07, 6.45) is -1.57. The van der Waals surface area contributed by atoms with Gasteiger partial charge in [-0.3, -0.25) is 5.32 Å². The third-order valence-electron chi connectivity index (χ3n) is 1.11. The third kappa shape index (κ3) is 2.91. The van der Waals surface area contributed by atoms with Gasteiger partial charge in [0.15, 0.2) is 0 Å². The highest BCUT2D eigenvalue weighted by Crippen LogP contribution is 2.23. The maximum absolute atomic E-state index is 11.9. The SMILES string of the molecule is O=C(F)Nc1cc(Br)cc(Br)c1. The summed E-state index contributed by atoms with van der Waals surface area (Å²) in [6, 6.07) is 4.98. The third-order valence-corrected chi connectivity index (χ3v) is 2.02. The number of anilines is 1. The number of nitrogens with one attached hydrogen (secondary N) is 1. The minimum Gasteiger partial charge on any atom is -0.298 e. The fourth-order valence-corrected chi connectivity index (χ4v) is 2.03. The Hall–Kier alpha value is -0.420. The Balaban J connectivity index is 2.93. The maximum atomic E-state index is 11.9. The number of hydrogen-bond acceptors (Lipinski definition) is 1. The van der Waals surface area contributed by atoms with Gasteiger partial charge in [-0.05, 0) is 18.2 Å². The molecule has 5 heteroatoms. The maximum Gasteiger partial charge on any atom is 0.401 e. The highest BCUT2D eigenvalue weighted by Gasteiger charge is 2.00. The summed E-state index contributed by atoms with van der Waals surface area (Å²) < 4.78 is 13.4. The van der Waals surface area contributed by atoms with Crippen molar-refractivity contribution in [2.24, 2.45) is 0 Å². The van der Waals surface area contributed by atoms with Gasteiger partial charge < -0.3 is 0 Å². The van der Waals surface area contributed by atoms with E-state index in [1.54, 1.807) is 18.2 Å². The molecule has 0 saturated carbocycles. The van der Waals surface area contributed by atoms with Crippen LogP contribution in [0.25, 0.3) is 0 Å². The lowest BCUT2D eigenvalue weighted by atomic mass is 10.3. The first-order chi connectivity index (χ1) is 5.58. The Morgan fingerprint density at radius 1 is 1.25 bits per heavy atom. The molecule has 2 nitrogen and oxygen atoms in total. The van der Waals surface area contributed by atoms with Crippen molar-refractivity contribution in [2.45, 2.75) is 0 Å². The molecule has 0 atom stereocenters. The molecule has 1 N–H and O–H groups in total. The molecule has 0 aromatic heterocycles. The molecule has 1 aromatic rings. The van der Waals surface area contributed by atoms with Gasteiger partial charge in [0.25, 0.3) is 0 Å². The van der Waals surface area contributed by atoms with Crippen molar-refractivity contribution in [1.29, 1.82) is 0 Å². The molecule has 0 fully saturated rings. The van der Waals surface area contributed by atoms with Crippen LogP contribution >= 0.6 is 31.9 Å². The van der Waals surface area contributed by atoms with Gasteiger partial charge in [0.05, 0.1) is 0 Å². The Bertz CT molecular complexity index is 296. The quantitative estimate of drug-likeness (QED) is 0.621. The molecule has 0 spiro atoms. The van der Waals surface area contributed by atoms with Gasteiger partial charge in [-0.2, -0.15) is 0 Å². The van der Waals surface area contributed by atoms with Crippen LogP contribution in [0.1, 0.15) is 0 Å². The summed E-state index contributed by atoms with van der Waals surface area (Å²) in [5, 5.41) is 2.02. The Kier molecular flexibility index (Phi) is 3.22. The molecule has 0 aliphatic heterocycles. The number of carbonyl (C=O) groups is 1. The van der Waals surface area contributed by atoms with Crippen LogP contribution in [-0.2, 0) is 0 Å². The normalized spacial score (nSPS) is 9.58. The molecule has 1 aromatic carbocycles. The first-order valence-electron chi connectivity index (χ1n) is 3.00. The van der Waals surface area contributed by atoms with Crippen molar-refractivity contribution in [3.05, 3.63) is 27.1 Å². The summed E-state index contributed by atoms with van der Waals surface area (Å²) in [5.74, 6) is 0. The van der Waals surface area contributed by atoms with E-state index in [1.807, 2.05) is 5.32 Å². The van der Waals surface area contributed by atoms with Crippen LogP contribution in [0.5, 0.6) is 0 Å². The van der Waals surface area contributed by atoms with Gasteiger partial charge in [-0.15, -0.1) is 4.39 Å². The number of amides is 1. The van der Waals surface area contributed by atoms with E-state index in [4.69, 9.17) is 0 Å². The molecule has 1 amide bonds. The van der Waals surface area contributed by atoms with E-state index in [-0.39, 0.29) is 0 Å². The van der Waals surface area contributed by atoms with Gasteiger partial charge in [0.1, 0.15) is 0 Å². The van der Waals surface area contributed by atoms with E-state index in [9.17, 15) is 9.18 Å². The molecule has 0 bridgehead atoms. The first kappa shape index (κ1) is 9.67. The lowest BCUT2D eigenvalue weighted by Gasteiger charge is -2.00. The second kappa shape index (κ2) is 4.00. The highest BCUT2D eigenvalue weighted by atomic mass is 79.9. The van der Waals surface area contributed by atoms with Crippen molar-refractivity contribution in [3.63, 3.8) is 0 Å². The van der Waals surface area contributed by atoms with Crippen molar-refractivity contribution in [2.75, 3.05) is 5.32 Å². The van der Waals surface area contributed by atoms with E-state index in [0.717, 1.165) is 8.95 Å². The fourth-order valence-electron chi connectivity index (χ4n) is 0.739. The summed E-state index contributed by atoms with van der Waals surface area (Å²) in [4.78, 5) is 10.0. The number of hydrogen-bond donors (Lipinski definition) is 1. The Morgan fingerprint density at radius 2 is 1.75 bits per heavy atom. The smallest absolute Gasteiger partial charge is 0.298 e. The molecule has 0 aliphatic rings. The van der Waals surface area contributed by atoms with Crippen LogP contribution in [0.15, 0.2) is 27.1 Å². The van der Waals surface area contributed by atoms with E-state index < -0.39 is 6.16 Å². The van der Waals surface area contributed by atoms with E-state index in [1.165, 1.54) is 0 Å². The van der Waals surface area contributed by atoms with Gasteiger partial charge in [0.2, 0.25) is 0 Å². The zero-order valence-corrected chi connectivity index (χ0v) is 8.95. The molecular formula is C7H4Br2FNO. The van der Waals surface area contributed by atoms with Crippen LogP contribution < -0.4 is 5.32 Å². The zero-order chi connectivity index (χ0) is 9.14. The monoisotopic (exact) mass is 295 g/mol. The Labute approximate surface area is 85.4 Å². The minimum absolute atomic E-state index is 0.406. The van der Waals surface area contributed by atoms with Crippen LogP contribution in [0, 0.1) is 0 Å². The summed E-state index contributed by atoms with van der Waals surface area (Å²) >= 11 is 6.40. The predicted octanol–water partition coefficient (Wildman–Crippen LogP) is 3.71. The molecule has 1 rings (SSSR count). The average molecular weight is 297 g/mol. The summed E-state index contributed by atoms with van der Waals surface area (Å²) in [6.45, 7) is 0. The number of benzene rings is 1. The second-order valence-corrected chi connectivity index (χ2v) is 3.89. The van der Waals surface area contributed by atoms with E-state index in [2.05, 4.69) is 31.9 Å². The van der Waals surface area contributed by atoms with Crippen molar-refractivity contribution in [3.8, 4) is 0 Å². The van der Waals surface area contributed by atoms with Crippen molar-refractivity contribution >= 4 is 43.7 Å². The Morgan fingerprint density at radius 3 is 2.17 bits per heavy atom. The molecule has 64 valence electrons. The van der Waals surface area contributed by atoms with Gasteiger partial charge in [0, 0.05) is 14.6 Å². The average Bonchev–Trinajstić information content (AvgIpc) is 1.81. The molecule has 12 heavy (non-hydrogen) atoms. The number of rotatable bonds is 1. The topological polar surface area (TPSA) is 29.1 Å². The molecule has 0 aliphatic carbocycles. The van der Waals surface area contributed by atoms with Gasteiger partial charge in [-0.1, -0.05) is 31.9 Å². The molecule has 0 unspecified atom stereocenters. The highest BCUT2D eigenvalue weighted by molar-refractivity contribution is 9.11. The minimum atomic E-state index is -1.57. The summed E-state index contributed by atoms with van der Waals surface area (Å²) in [7, 11) is 0. The lowest BCUT2D eigenvalue weighted by Crippen LogP contribution is -2.01. The second-order valence-electron chi connectivity index (χ2n) is 2.06. The van der Waals surface area contributed by atoms with E-state index in [0.29, 0.717) is 5.69 Å². The first-order valence-corrected chi connectivity index (χ1v) is 4.59. The molecule has 0 radical (unpaired) electrons. The molecule has 0 saturated heterocycles. The van der Waals surface area contributed by atoms with Crippen molar-refractivity contribution in [1.82, 2.24) is 0 Å². The largest absolute Gasteiger partial charge is 0.401 e. The predicted molar refractivity (Wildman–Crippen MR) is 52.0 cm³/mol. The number of halogens is 3. The van der Waals surface area contributed by atoms with E-state index >= 15 is 0 Å². The standard InChI is InChI=1S/C7H4Br2FNO/c8-4-1-5(9)3-6(2-4)11-7(10)12/h1-3H,(H,11,12). The zero-order valence-electron chi connectivity index (χ0n) is 5.77. The summed E-state index contributed by atoms with van der Waals surface area (Å²) in [5.41, 5.74) is 0.406. The van der Waals surface area contributed by atoms with Gasteiger partial charge >= 0.3 is 6.16 Å². The number of carbonyl (C=O) groups excluding carboxylic acids is 1. The van der Waals surface area contributed by atoms with Crippen LogP contribution in [-0.4, -0.2) is 6.16 Å². The lowest BCUT2D eigenvalue weighted by molar-refractivity contribution is 0.235. The van der Waals surface area contributed by atoms with Crippen LogP contribution in [0.4, 0.5) is 14.9 Å². The molecule has 0 heterocycles. The van der Waals surface area contributed by atoms with Crippen molar-refractivity contribution < 1.29 is 9.18 Å². The fraction of sp³-hybridized carbons (Fsp3) is 0. The van der Waals surface area contributed by atoms with Crippen LogP contribution in [0.2, 0.25) is 0 Å². The molecular weight excluding hydrogens is 293 g/mol.